The number of piperidine rings is 1. The highest BCUT2D eigenvalue weighted by Gasteiger charge is 2.25. The zero-order valence-corrected chi connectivity index (χ0v) is 15.2. The number of likely N-dealkylation sites (tertiary alicyclic amines) is 1. The highest BCUT2D eigenvalue weighted by atomic mass is 16.1. The van der Waals surface area contributed by atoms with E-state index >= 15 is 0 Å². The largest absolute Gasteiger partial charge is 0.349 e. The van der Waals surface area contributed by atoms with Crippen LogP contribution in [0.15, 0.2) is 24.5 Å². The zero-order valence-electron chi connectivity index (χ0n) is 15.2. The molecule has 2 N–H and O–H groups in total. The summed E-state index contributed by atoms with van der Waals surface area (Å²) >= 11 is 0. The third-order valence-electron chi connectivity index (χ3n) is 5.63. The summed E-state index contributed by atoms with van der Waals surface area (Å²) < 4.78 is 0. The molecule has 6 nitrogen and oxygen atoms in total. The van der Waals surface area contributed by atoms with E-state index in [4.69, 9.17) is 0 Å². The summed E-state index contributed by atoms with van der Waals surface area (Å²) in [5.41, 5.74) is 4.01. The Labute approximate surface area is 154 Å². The maximum atomic E-state index is 12.8. The molecule has 2 aromatic heterocycles. The van der Waals surface area contributed by atoms with Crippen molar-refractivity contribution in [3.05, 3.63) is 47.0 Å². The van der Waals surface area contributed by atoms with Gasteiger partial charge >= 0.3 is 0 Å². The van der Waals surface area contributed by atoms with Gasteiger partial charge in [-0.15, -0.1) is 0 Å². The molecular formula is C20H27N5O. The molecule has 0 spiro atoms. The van der Waals surface area contributed by atoms with Crippen molar-refractivity contribution in [1.29, 1.82) is 0 Å². The number of nitrogens with one attached hydrogen (secondary N) is 2. The molecule has 1 unspecified atom stereocenters. The molecule has 1 aliphatic carbocycles. The summed E-state index contributed by atoms with van der Waals surface area (Å²) in [7, 11) is 0. The van der Waals surface area contributed by atoms with Gasteiger partial charge in [0.1, 0.15) is 0 Å². The van der Waals surface area contributed by atoms with E-state index in [1.807, 2.05) is 12.3 Å². The summed E-state index contributed by atoms with van der Waals surface area (Å²) in [6.07, 6.45) is 11.7. The fourth-order valence-corrected chi connectivity index (χ4v) is 4.20. The first-order valence-corrected chi connectivity index (χ1v) is 9.81. The zero-order chi connectivity index (χ0) is 17.8. The molecule has 1 fully saturated rings. The van der Waals surface area contributed by atoms with E-state index < -0.39 is 0 Å². The molecule has 26 heavy (non-hydrogen) atoms. The van der Waals surface area contributed by atoms with Crippen LogP contribution in [-0.2, 0) is 12.8 Å². The Balaban J connectivity index is 1.47. The molecule has 0 bridgehead atoms. The van der Waals surface area contributed by atoms with Crippen LogP contribution in [0, 0.1) is 0 Å². The molecule has 2 aliphatic rings. The number of aryl methyl sites for hydroxylation is 1. The number of hydrogen-bond donors (Lipinski definition) is 2. The minimum Gasteiger partial charge on any atom is -0.349 e. The van der Waals surface area contributed by atoms with Crippen molar-refractivity contribution in [2.45, 2.75) is 51.0 Å². The fraction of sp³-hybridized carbons (Fsp3) is 0.550. The summed E-state index contributed by atoms with van der Waals surface area (Å²) in [6.45, 7) is 2.74. The predicted molar refractivity (Wildman–Crippen MR) is 100.0 cm³/mol. The lowest BCUT2D eigenvalue weighted by atomic mass is 9.95. The van der Waals surface area contributed by atoms with E-state index in [2.05, 4.69) is 31.5 Å². The Morgan fingerprint density at radius 1 is 1.19 bits per heavy atom. The second-order valence-electron chi connectivity index (χ2n) is 7.35. The van der Waals surface area contributed by atoms with Crippen LogP contribution in [-0.4, -0.2) is 45.6 Å². The quantitative estimate of drug-likeness (QED) is 0.867. The first-order chi connectivity index (χ1) is 12.8. The van der Waals surface area contributed by atoms with Crippen molar-refractivity contribution in [2.24, 2.45) is 0 Å². The number of rotatable bonds is 5. The van der Waals surface area contributed by atoms with Gasteiger partial charge in [0.15, 0.2) is 5.69 Å². The van der Waals surface area contributed by atoms with E-state index in [9.17, 15) is 4.79 Å². The molecule has 0 saturated carbocycles. The maximum Gasteiger partial charge on any atom is 0.272 e. The molecule has 1 aliphatic heterocycles. The van der Waals surface area contributed by atoms with Gasteiger partial charge in [-0.1, -0.05) is 12.5 Å². The SMILES string of the molecule is O=C(NCC(c1cccnc1)N1CCCCC1)c1n[nH]c2c1CCCC2. The molecule has 0 radical (unpaired) electrons. The van der Waals surface area contributed by atoms with Crippen LogP contribution in [0.2, 0.25) is 0 Å². The molecule has 0 aromatic carbocycles. The number of fused-ring (bicyclic) bond motifs is 1. The third kappa shape index (κ3) is 3.65. The number of amides is 1. The van der Waals surface area contributed by atoms with Crippen molar-refractivity contribution in [3.8, 4) is 0 Å². The Hall–Kier alpha value is -2.21. The first-order valence-electron chi connectivity index (χ1n) is 9.81. The summed E-state index contributed by atoms with van der Waals surface area (Å²) in [5, 5.41) is 10.5. The lowest BCUT2D eigenvalue weighted by Crippen LogP contribution is -2.41. The van der Waals surface area contributed by atoms with Crippen molar-refractivity contribution in [3.63, 3.8) is 0 Å². The van der Waals surface area contributed by atoms with Crippen LogP contribution in [0.3, 0.4) is 0 Å². The lowest BCUT2D eigenvalue weighted by molar-refractivity contribution is 0.0918. The van der Waals surface area contributed by atoms with Crippen molar-refractivity contribution >= 4 is 5.91 Å². The van der Waals surface area contributed by atoms with E-state index in [0.29, 0.717) is 12.2 Å². The third-order valence-corrected chi connectivity index (χ3v) is 5.63. The molecular weight excluding hydrogens is 326 g/mol. The topological polar surface area (TPSA) is 73.9 Å². The number of hydrogen-bond acceptors (Lipinski definition) is 4. The predicted octanol–water partition coefficient (Wildman–Crippen LogP) is 2.64. The van der Waals surface area contributed by atoms with Gasteiger partial charge in [-0.25, -0.2) is 0 Å². The van der Waals surface area contributed by atoms with Gasteiger partial charge in [-0.05, 0) is 63.2 Å². The summed E-state index contributed by atoms with van der Waals surface area (Å²) in [5.74, 6) is -0.0599. The van der Waals surface area contributed by atoms with Gasteiger partial charge in [0, 0.05) is 30.2 Å². The molecule has 1 amide bonds. The number of carbonyl (C=O) groups is 1. The average Bonchev–Trinajstić information content (AvgIpc) is 3.14. The van der Waals surface area contributed by atoms with Gasteiger partial charge in [0.25, 0.3) is 5.91 Å². The van der Waals surface area contributed by atoms with Gasteiger partial charge in [-0.3, -0.25) is 19.8 Å². The Bertz CT molecular complexity index is 736. The van der Waals surface area contributed by atoms with E-state index in [0.717, 1.165) is 43.6 Å². The van der Waals surface area contributed by atoms with Crippen LogP contribution in [0.4, 0.5) is 0 Å². The van der Waals surface area contributed by atoms with Gasteiger partial charge in [-0.2, -0.15) is 5.10 Å². The van der Waals surface area contributed by atoms with Crippen LogP contribution in [0.25, 0.3) is 0 Å². The summed E-state index contributed by atoms with van der Waals surface area (Å²) in [6, 6.07) is 4.25. The Morgan fingerprint density at radius 2 is 2.04 bits per heavy atom. The summed E-state index contributed by atoms with van der Waals surface area (Å²) in [4.78, 5) is 19.5. The van der Waals surface area contributed by atoms with E-state index in [1.54, 1.807) is 6.20 Å². The molecule has 3 heterocycles. The minimum absolute atomic E-state index is 0.0599. The van der Waals surface area contributed by atoms with Crippen molar-refractivity contribution in [1.82, 2.24) is 25.4 Å². The highest BCUT2D eigenvalue weighted by Crippen LogP contribution is 2.25. The van der Waals surface area contributed by atoms with Gasteiger partial charge in [0.05, 0.1) is 6.04 Å². The van der Waals surface area contributed by atoms with Gasteiger partial charge < -0.3 is 5.32 Å². The van der Waals surface area contributed by atoms with Gasteiger partial charge in [0.2, 0.25) is 0 Å². The lowest BCUT2D eigenvalue weighted by Gasteiger charge is -2.34. The molecule has 1 saturated heterocycles. The van der Waals surface area contributed by atoms with Crippen LogP contribution in [0.1, 0.15) is 65.5 Å². The molecule has 4 rings (SSSR count). The molecule has 2 aromatic rings. The van der Waals surface area contributed by atoms with Crippen LogP contribution >= 0.6 is 0 Å². The second-order valence-corrected chi connectivity index (χ2v) is 7.35. The normalized spacial score (nSPS) is 18.9. The molecule has 138 valence electrons. The monoisotopic (exact) mass is 353 g/mol. The smallest absolute Gasteiger partial charge is 0.272 e. The number of carbonyl (C=O) groups excluding carboxylic acids is 1. The number of H-pyrrole nitrogens is 1. The van der Waals surface area contributed by atoms with Crippen molar-refractivity contribution < 1.29 is 4.79 Å². The second kappa shape index (κ2) is 7.99. The average molecular weight is 353 g/mol. The minimum atomic E-state index is -0.0599. The highest BCUT2D eigenvalue weighted by molar-refractivity contribution is 5.94. The first kappa shape index (κ1) is 17.2. The van der Waals surface area contributed by atoms with Crippen LogP contribution < -0.4 is 5.32 Å². The number of aromatic nitrogens is 3. The fourth-order valence-electron chi connectivity index (χ4n) is 4.20. The van der Waals surface area contributed by atoms with E-state index in [1.165, 1.54) is 31.2 Å². The number of nitrogens with zero attached hydrogens (tertiary/aromatic N) is 3. The van der Waals surface area contributed by atoms with E-state index in [-0.39, 0.29) is 11.9 Å². The Morgan fingerprint density at radius 3 is 2.85 bits per heavy atom. The number of aromatic amines is 1. The number of pyridine rings is 1. The van der Waals surface area contributed by atoms with Crippen LogP contribution in [0.5, 0.6) is 0 Å². The Kier molecular flexibility index (Phi) is 5.29. The standard InChI is InChI=1S/C20H27N5O/c26-20(19-16-8-2-3-9-17(16)23-24-19)22-14-18(15-7-6-10-21-13-15)25-11-4-1-5-12-25/h6-7,10,13,18H,1-5,8-9,11-12,14H2,(H,22,26)(H,23,24). The maximum absolute atomic E-state index is 12.8. The molecule has 1 atom stereocenters. The van der Waals surface area contributed by atoms with Crippen molar-refractivity contribution in [2.75, 3.05) is 19.6 Å². The molecule has 6 heteroatoms.